The molecule has 6 nitrogen and oxygen atoms in total. The third kappa shape index (κ3) is 68.5. The van der Waals surface area contributed by atoms with Gasteiger partial charge in [0.15, 0.2) is 6.10 Å². The van der Waals surface area contributed by atoms with Crippen LogP contribution in [0.2, 0.25) is 0 Å². The first kappa shape index (κ1) is 78.8. The highest BCUT2D eigenvalue weighted by Gasteiger charge is 2.19. The standard InChI is InChI=1S/C77H130O6/c1-4-7-10-13-16-19-22-25-28-31-33-35-36-37-38-39-40-42-43-46-49-52-55-58-61-64-67-70-76(79)82-73-74(72-81-75(78)69-66-63-60-57-54-51-48-45-30-27-24-21-18-15-12-9-6-3)83-77(80)71-68-65-62-59-56-53-50-47-44-41-34-32-29-26-23-20-17-14-11-8-5-2/h7-8,10-11,16-17,19-20,25-30,33-35,37-38,41,74H,4-6,9,12-15,18,21-24,31-32,36,39-40,42-73H2,1-3H3/b10-7-,11-8-,19-16-,20-17-,28-25-,29-26-,30-27-,35-33-,38-37-,41-34-. The summed E-state index contributed by atoms with van der Waals surface area (Å²) in [7, 11) is 0. The highest BCUT2D eigenvalue weighted by Crippen LogP contribution is 2.16. The van der Waals surface area contributed by atoms with Crippen molar-refractivity contribution in [2.75, 3.05) is 13.2 Å². The number of carbonyl (C=O) groups excluding carboxylic acids is 3. The number of hydrogen-bond acceptors (Lipinski definition) is 6. The van der Waals surface area contributed by atoms with Crippen LogP contribution < -0.4 is 0 Å². The minimum atomic E-state index is -0.790. The topological polar surface area (TPSA) is 78.9 Å². The zero-order chi connectivity index (χ0) is 59.9. The van der Waals surface area contributed by atoms with Gasteiger partial charge in [-0.15, -0.1) is 0 Å². The minimum absolute atomic E-state index is 0.0847. The summed E-state index contributed by atoms with van der Waals surface area (Å²) in [4.78, 5) is 38.5. The molecule has 0 heterocycles. The average molecular weight is 1150 g/mol. The first-order chi connectivity index (χ1) is 41.0. The lowest BCUT2D eigenvalue weighted by Gasteiger charge is -2.18. The van der Waals surface area contributed by atoms with E-state index in [4.69, 9.17) is 14.2 Å². The monoisotopic (exact) mass is 1150 g/mol. The molecule has 0 radical (unpaired) electrons. The maximum atomic E-state index is 13.0. The normalized spacial score (nSPS) is 12.9. The van der Waals surface area contributed by atoms with Crippen molar-refractivity contribution in [1.29, 1.82) is 0 Å². The summed E-state index contributed by atoms with van der Waals surface area (Å²) in [6.07, 6.45) is 97.8. The van der Waals surface area contributed by atoms with Crippen molar-refractivity contribution in [2.45, 2.75) is 335 Å². The second-order valence-electron chi connectivity index (χ2n) is 23.0. The van der Waals surface area contributed by atoms with Gasteiger partial charge in [-0.2, -0.15) is 0 Å². The van der Waals surface area contributed by atoms with E-state index in [0.29, 0.717) is 19.3 Å². The van der Waals surface area contributed by atoms with Crippen LogP contribution in [-0.2, 0) is 28.6 Å². The Hall–Kier alpha value is -4.19. The molecule has 1 atom stereocenters. The van der Waals surface area contributed by atoms with E-state index in [9.17, 15) is 14.4 Å². The lowest BCUT2D eigenvalue weighted by Crippen LogP contribution is -2.30. The van der Waals surface area contributed by atoms with Crippen LogP contribution in [0.4, 0.5) is 0 Å². The number of esters is 3. The van der Waals surface area contributed by atoms with Crippen molar-refractivity contribution >= 4 is 17.9 Å². The Bertz CT molecular complexity index is 1700. The van der Waals surface area contributed by atoms with Crippen molar-refractivity contribution in [3.8, 4) is 0 Å². The third-order valence-corrected chi connectivity index (χ3v) is 14.9. The van der Waals surface area contributed by atoms with Crippen molar-refractivity contribution in [1.82, 2.24) is 0 Å². The number of carbonyl (C=O) groups is 3. The van der Waals surface area contributed by atoms with Crippen LogP contribution in [0.1, 0.15) is 329 Å². The molecule has 0 rings (SSSR count). The van der Waals surface area contributed by atoms with Gasteiger partial charge in [0.05, 0.1) is 0 Å². The quantitative estimate of drug-likeness (QED) is 0.0261. The highest BCUT2D eigenvalue weighted by atomic mass is 16.6. The fraction of sp³-hybridized carbons (Fsp3) is 0.701. The van der Waals surface area contributed by atoms with Gasteiger partial charge in [-0.3, -0.25) is 14.4 Å². The number of hydrogen-bond donors (Lipinski definition) is 0. The maximum Gasteiger partial charge on any atom is 0.306 e. The molecule has 83 heavy (non-hydrogen) atoms. The van der Waals surface area contributed by atoms with E-state index >= 15 is 0 Å². The maximum absolute atomic E-state index is 13.0. The van der Waals surface area contributed by atoms with Crippen LogP contribution >= 0.6 is 0 Å². The van der Waals surface area contributed by atoms with Gasteiger partial charge in [-0.1, -0.05) is 303 Å². The number of rotatable bonds is 63. The summed E-state index contributed by atoms with van der Waals surface area (Å²) in [5.41, 5.74) is 0. The SMILES string of the molecule is CC/C=C\C/C=C\C/C=C\C/C=C\C/C=C\CCCCCCCCCCCCCC(=O)OCC(COC(=O)CCCCCCCCC/C=C\CCCCCCCC)OC(=O)CCCCCCCCCC/C=C\C/C=C\C/C=C\C/C=C\CC. The third-order valence-electron chi connectivity index (χ3n) is 14.9. The molecule has 0 spiro atoms. The van der Waals surface area contributed by atoms with Crippen molar-refractivity contribution in [3.05, 3.63) is 122 Å². The van der Waals surface area contributed by atoms with Gasteiger partial charge < -0.3 is 14.2 Å². The van der Waals surface area contributed by atoms with Crippen molar-refractivity contribution in [2.24, 2.45) is 0 Å². The Kier molecular flexibility index (Phi) is 66.7. The smallest absolute Gasteiger partial charge is 0.306 e. The molecule has 474 valence electrons. The lowest BCUT2D eigenvalue weighted by molar-refractivity contribution is -0.167. The average Bonchev–Trinajstić information content (AvgIpc) is 3.49. The summed E-state index contributed by atoms with van der Waals surface area (Å²) in [5.74, 6) is -0.888. The molecule has 0 bridgehead atoms. The second kappa shape index (κ2) is 70.3. The molecule has 0 aromatic heterocycles. The fourth-order valence-electron chi connectivity index (χ4n) is 9.75. The van der Waals surface area contributed by atoms with Gasteiger partial charge in [0.1, 0.15) is 13.2 Å². The van der Waals surface area contributed by atoms with E-state index in [1.165, 1.54) is 167 Å². The minimum Gasteiger partial charge on any atom is -0.462 e. The van der Waals surface area contributed by atoms with Crippen LogP contribution in [0.15, 0.2) is 122 Å². The van der Waals surface area contributed by atoms with Crippen LogP contribution in [0.25, 0.3) is 0 Å². The Labute approximate surface area is 513 Å². The number of unbranched alkanes of at least 4 members (excludes halogenated alkanes) is 32. The first-order valence-electron chi connectivity index (χ1n) is 35.0. The molecule has 6 heteroatoms. The Morgan fingerprint density at radius 2 is 0.470 bits per heavy atom. The van der Waals surface area contributed by atoms with Crippen LogP contribution in [0, 0.1) is 0 Å². The van der Waals surface area contributed by atoms with Gasteiger partial charge in [0.2, 0.25) is 0 Å². The van der Waals surface area contributed by atoms with E-state index < -0.39 is 6.10 Å². The zero-order valence-corrected chi connectivity index (χ0v) is 54.4. The molecule has 0 aromatic carbocycles. The van der Waals surface area contributed by atoms with Crippen LogP contribution in [0.5, 0.6) is 0 Å². The van der Waals surface area contributed by atoms with E-state index in [1.807, 2.05) is 0 Å². The molecule has 1 unspecified atom stereocenters. The zero-order valence-electron chi connectivity index (χ0n) is 54.4. The van der Waals surface area contributed by atoms with Gasteiger partial charge >= 0.3 is 17.9 Å². The van der Waals surface area contributed by atoms with E-state index in [2.05, 4.69) is 142 Å². The Balaban J connectivity index is 4.37. The summed E-state index contributed by atoms with van der Waals surface area (Å²) < 4.78 is 17.0. The van der Waals surface area contributed by atoms with Crippen molar-refractivity contribution < 1.29 is 28.6 Å². The molecular weight excluding hydrogens is 1020 g/mol. The summed E-state index contributed by atoms with van der Waals surface area (Å²) in [6, 6.07) is 0. The van der Waals surface area contributed by atoms with E-state index in [1.54, 1.807) is 0 Å². The van der Waals surface area contributed by atoms with Gasteiger partial charge in [0, 0.05) is 19.3 Å². The largest absolute Gasteiger partial charge is 0.462 e. The van der Waals surface area contributed by atoms with Crippen molar-refractivity contribution in [3.63, 3.8) is 0 Å². The van der Waals surface area contributed by atoms with Crippen LogP contribution in [0.3, 0.4) is 0 Å². The lowest BCUT2D eigenvalue weighted by atomic mass is 10.0. The fourth-order valence-corrected chi connectivity index (χ4v) is 9.75. The molecule has 0 aliphatic carbocycles. The van der Waals surface area contributed by atoms with Crippen LogP contribution in [-0.4, -0.2) is 37.2 Å². The molecule has 0 aliphatic heterocycles. The molecule has 0 fully saturated rings. The predicted octanol–water partition coefficient (Wildman–Crippen LogP) is 24.3. The Morgan fingerprint density at radius 1 is 0.253 bits per heavy atom. The first-order valence-corrected chi connectivity index (χ1v) is 35.0. The molecule has 0 saturated heterocycles. The summed E-state index contributed by atoms with van der Waals surface area (Å²) in [5, 5.41) is 0. The molecular formula is C77H130O6. The number of ether oxygens (including phenoxy) is 3. The second-order valence-corrected chi connectivity index (χ2v) is 23.0. The number of allylic oxidation sites excluding steroid dienone is 20. The van der Waals surface area contributed by atoms with Gasteiger partial charge in [-0.25, -0.2) is 0 Å². The summed E-state index contributed by atoms with van der Waals surface area (Å²) in [6.45, 7) is 6.43. The Morgan fingerprint density at radius 3 is 0.747 bits per heavy atom. The van der Waals surface area contributed by atoms with Gasteiger partial charge in [0.25, 0.3) is 0 Å². The molecule has 0 aliphatic rings. The molecule has 0 aromatic rings. The highest BCUT2D eigenvalue weighted by molar-refractivity contribution is 5.71. The summed E-state index contributed by atoms with van der Waals surface area (Å²) >= 11 is 0. The van der Waals surface area contributed by atoms with Gasteiger partial charge in [-0.05, 0) is 128 Å². The van der Waals surface area contributed by atoms with E-state index in [0.717, 1.165) is 122 Å². The molecule has 0 amide bonds. The molecule has 0 N–H and O–H groups in total. The van der Waals surface area contributed by atoms with E-state index in [-0.39, 0.29) is 31.1 Å². The molecule has 0 saturated carbocycles. The predicted molar refractivity (Wildman–Crippen MR) is 362 cm³/mol.